The number of aliphatic carboxylic acids is 2. The molecule has 1 aromatic rings. The lowest BCUT2D eigenvalue weighted by atomic mass is 10.2. The summed E-state index contributed by atoms with van der Waals surface area (Å²) in [6.45, 7) is 0. The van der Waals surface area contributed by atoms with Crippen molar-refractivity contribution in [3.05, 3.63) is 41.6 Å². The Kier molecular flexibility index (Phi) is 4.15. The highest BCUT2D eigenvalue weighted by molar-refractivity contribution is 5.97. The molecule has 8 heteroatoms. The van der Waals surface area contributed by atoms with Gasteiger partial charge in [-0.15, -0.1) is 0 Å². The number of carboxylic acid groups (broad SMARTS) is 2. The second kappa shape index (κ2) is 5.42. The maximum absolute atomic E-state index is 12.4. The van der Waals surface area contributed by atoms with E-state index in [1.807, 2.05) is 0 Å². The molecule has 0 aliphatic carbocycles. The summed E-state index contributed by atoms with van der Waals surface area (Å²) in [4.78, 5) is 21.1. The Morgan fingerprint density at radius 1 is 1.21 bits per heavy atom. The third kappa shape index (κ3) is 4.34. The summed E-state index contributed by atoms with van der Waals surface area (Å²) >= 11 is 0. The molecule has 5 nitrogen and oxygen atoms in total. The van der Waals surface area contributed by atoms with Crippen LogP contribution in [0.25, 0.3) is 0 Å². The summed E-state index contributed by atoms with van der Waals surface area (Å²) in [5, 5.41) is 19.2. The molecule has 0 heterocycles. The fraction of sp³-hybridized carbons (Fsp3) is 0.0909. The van der Waals surface area contributed by atoms with Crippen molar-refractivity contribution in [1.29, 1.82) is 0 Å². The third-order valence-electron chi connectivity index (χ3n) is 1.97. The van der Waals surface area contributed by atoms with E-state index in [0.29, 0.717) is 12.1 Å². The van der Waals surface area contributed by atoms with E-state index in [0.717, 1.165) is 12.1 Å². The molecule has 0 aliphatic rings. The minimum absolute atomic E-state index is 0.176. The van der Waals surface area contributed by atoms with Crippen molar-refractivity contribution in [2.24, 2.45) is 0 Å². The second-order valence-corrected chi connectivity index (χ2v) is 3.40. The highest BCUT2D eigenvalue weighted by atomic mass is 19.4. The Balaban J connectivity index is 3.05. The van der Waals surface area contributed by atoms with E-state index in [-0.39, 0.29) is 5.69 Å². The van der Waals surface area contributed by atoms with Gasteiger partial charge in [-0.2, -0.15) is 13.2 Å². The van der Waals surface area contributed by atoms with Crippen LogP contribution in [-0.2, 0) is 15.8 Å². The summed E-state index contributed by atoms with van der Waals surface area (Å²) < 4.78 is 37.3. The van der Waals surface area contributed by atoms with Crippen molar-refractivity contribution in [2.45, 2.75) is 6.18 Å². The van der Waals surface area contributed by atoms with Crippen molar-refractivity contribution in [3.8, 4) is 0 Å². The zero-order valence-electron chi connectivity index (χ0n) is 9.23. The lowest BCUT2D eigenvalue weighted by molar-refractivity contribution is -0.137. The number of alkyl halides is 3. The normalized spacial score (nSPS) is 12.1. The van der Waals surface area contributed by atoms with Gasteiger partial charge in [0, 0.05) is 5.69 Å². The van der Waals surface area contributed by atoms with E-state index in [9.17, 15) is 22.8 Å². The maximum atomic E-state index is 12.4. The predicted octanol–water partition coefficient (Wildman–Crippen LogP) is 2.17. The number of nitrogens with one attached hydrogen (secondary N) is 1. The summed E-state index contributed by atoms with van der Waals surface area (Å²) in [6.07, 6.45) is -4.22. The Morgan fingerprint density at radius 3 is 2.32 bits per heavy atom. The Morgan fingerprint density at radius 2 is 1.84 bits per heavy atom. The average molecular weight is 275 g/mol. The highest BCUT2D eigenvalue weighted by Gasteiger charge is 2.30. The van der Waals surface area contributed by atoms with Crippen LogP contribution in [0.3, 0.4) is 0 Å². The van der Waals surface area contributed by atoms with E-state index < -0.39 is 29.4 Å². The van der Waals surface area contributed by atoms with Gasteiger partial charge in [-0.1, -0.05) is 6.07 Å². The van der Waals surface area contributed by atoms with Crippen LogP contribution >= 0.6 is 0 Å². The molecular formula is C11H8F3NO4. The SMILES string of the molecule is O=C(O)/C=C(\Nc1cccc(C(F)(F)F)c1)C(=O)O. The van der Waals surface area contributed by atoms with Crippen molar-refractivity contribution in [1.82, 2.24) is 0 Å². The van der Waals surface area contributed by atoms with Gasteiger partial charge in [0.15, 0.2) is 0 Å². The average Bonchev–Trinajstić information content (AvgIpc) is 2.26. The van der Waals surface area contributed by atoms with Crippen LogP contribution in [0, 0.1) is 0 Å². The molecule has 0 fully saturated rings. The van der Waals surface area contributed by atoms with Gasteiger partial charge in [-0.05, 0) is 18.2 Å². The van der Waals surface area contributed by atoms with Gasteiger partial charge in [0.25, 0.3) is 0 Å². The van der Waals surface area contributed by atoms with Gasteiger partial charge in [-0.25, -0.2) is 9.59 Å². The number of anilines is 1. The first-order chi connectivity index (χ1) is 8.70. The zero-order valence-corrected chi connectivity index (χ0v) is 9.23. The molecule has 0 aliphatic heterocycles. The number of halogens is 3. The molecule has 0 amide bonds. The molecule has 0 unspecified atom stereocenters. The molecule has 19 heavy (non-hydrogen) atoms. The monoisotopic (exact) mass is 275 g/mol. The van der Waals surface area contributed by atoms with E-state index in [2.05, 4.69) is 5.32 Å². The Hall–Kier alpha value is -2.51. The van der Waals surface area contributed by atoms with Crippen LogP contribution in [-0.4, -0.2) is 22.2 Å². The first-order valence-electron chi connectivity index (χ1n) is 4.82. The van der Waals surface area contributed by atoms with Gasteiger partial charge < -0.3 is 15.5 Å². The summed E-state index contributed by atoms with van der Waals surface area (Å²) in [7, 11) is 0. The Bertz CT molecular complexity index is 537. The van der Waals surface area contributed by atoms with E-state index in [1.54, 1.807) is 0 Å². The first kappa shape index (κ1) is 14.6. The largest absolute Gasteiger partial charge is 0.478 e. The van der Waals surface area contributed by atoms with Crippen LogP contribution in [0.1, 0.15) is 5.56 Å². The van der Waals surface area contributed by atoms with Gasteiger partial charge in [0.2, 0.25) is 0 Å². The molecular weight excluding hydrogens is 267 g/mol. The smallest absolute Gasteiger partial charge is 0.416 e. The van der Waals surface area contributed by atoms with Crippen LogP contribution in [0.5, 0.6) is 0 Å². The van der Waals surface area contributed by atoms with Gasteiger partial charge >= 0.3 is 18.1 Å². The van der Waals surface area contributed by atoms with Crippen molar-refractivity contribution < 1.29 is 33.0 Å². The molecule has 0 aromatic heterocycles. The molecule has 0 atom stereocenters. The molecule has 0 saturated carbocycles. The van der Waals surface area contributed by atoms with Gasteiger partial charge in [0.05, 0.1) is 11.6 Å². The van der Waals surface area contributed by atoms with E-state index in [4.69, 9.17) is 10.2 Å². The number of hydrogen-bond acceptors (Lipinski definition) is 3. The standard InChI is InChI=1S/C11H8F3NO4/c12-11(13,14)6-2-1-3-7(4-6)15-8(10(18)19)5-9(16)17/h1-5,15H,(H,16,17)(H,18,19)/b8-5-. The van der Waals surface area contributed by atoms with Crippen LogP contribution in [0.15, 0.2) is 36.0 Å². The third-order valence-corrected chi connectivity index (χ3v) is 1.97. The summed E-state index contributed by atoms with van der Waals surface area (Å²) in [5.41, 5.74) is -1.89. The highest BCUT2D eigenvalue weighted by Crippen LogP contribution is 2.30. The molecule has 1 aromatic carbocycles. The second-order valence-electron chi connectivity index (χ2n) is 3.40. The molecule has 102 valence electrons. The van der Waals surface area contributed by atoms with Crippen LogP contribution < -0.4 is 5.32 Å². The fourth-order valence-electron chi connectivity index (χ4n) is 1.20. The summed E-state index contributed by atoms with van der Waals surface area (Å²) in [5.74, 6) is -3.13. The molecule has 1 rings (SSSR count). The number of carbonyl (C=O) groups is 2. The topological polar surface area (TPSA) is 86.6 Å². The van der Waals surface area contributed by atoms with Gasteiger partial charge in [-0.3, -0.25) is 0 Å². The minimum Gasteiger partial charge on any atom is -0.478 e. The van der Waals surface area contributed by atoms with Crippen LogP contribution in [0.4, 0.5) is 18.9 Å². The van der Waals surface area contributed by atoms with Crippen molar-refractivity contribution in [2.75, 3.05) is 5.32 Å². The molecule has 3 N–H and O–H groups in total. The number of carboxylic acids is 2. The zero-order chi connectivity index (χ0) is 14.6. The lowest BCUT2D eigenvalue weighted by Crippen LogP contribution is -2.13. The van der Waals surface area contributed by atoms with E-state index >= 15 is 0 Å². The molecule has 0 saturated heterocycles. The minimum atomic E-state index is -4.57. The van der Waals surface area contributed by atoms with Crippen molar-refractivity contribution >= 4 is 17.6 Å². The number of hydrogen-bond donors (Lipinski definition) is 3. The Labute approximate surface area is 105 Å². The van der Waals surface area contributed by atoms with E-state index in [1.165, 1.54) is 6.07 Å². The van der Waals surface area contributed by atoms with Crippen molar-refractivity contribution in [3.63, 3.8) is 0 Å². The number of benzene rings is 1. The summed E-state index contributed by atoms with van der Waals surface area (Å²) in [6, 6.07) is 3.75. The predicted molar refractivity (Wildman–Crippen MR) is 58.4 cm³/mol. The fourth-order valence-corrected chi connectivity index (χ4v) is 1.20. The molecule has 0 bridgehead atoms. The lowest BCUT2D eigenvalue weighted by Gasteiger charge is -2.10. The first-order valence-corrected chi connectivity index (χ1v) is 4.82. The quantitative estimate of drug-likeness (QED) is 0.733. The maximum Gasteiger partial charge on any atom is 0.416 e. The number of rotatable bonds is 4. The van der Waals surface area contributed by atoms with Crippen LogP contribution in [0.2, 0.25) is 0 Å². The molecule has 0 spiro atoms. The molecule has 0 radical (unpaired) electrons. The van der Waals surface area contributed by atoms with Gasteiger partial charge in [0.1, 0.15) is 5.70 Å².